The van der Waals surface area contributed by atoms with E-state index in [4.69, 9.17) is 9.47 Å². The van der Waals surface area contributed by atoms with Gasteiger partial charge in [0.15, 0.2) is 5.78 Å². The number of Topliss-reactive ketones (excluding diaryl/α,β-unsaturated/α-hetero) is 1. The molecule has 1 aromatic carbocycles. The minimum Gasteiger partial charge on any atom is -0.497 e. The van der Waals surface area contributed by atoms with E-state index >= 15 is 0 Å². The predicted octanol–water partition coefficient (Wildman–Crippen LogP) is 2.47. The second-order valence-corrected chi connectivity index (χ2v) is 4.01. The van der Waals surface area contributed by atoms with Gasteiger partial charge in [0, 0.05) is 12.0 Å². The van der Waals surface area contributed by atoms with Crippen LogP contribution < -0.4 is 4.74 Å². The van der Waals surface area contributed by atoms with Crippen LogP contribution in [0.15, 0.2) is 24.3 Å². The Bertz CT molecular complexity index is 408. The topological polar surface area (TPSA) is 52.6 Å². The zero-order chi connectivity index (χ0) is 13.5. The van der Waals surface area contributed by atoms with Gasteiger partial charge in [-0.2, -0.15) is 0 Å². The molecule has 1 unspecified atom stereocenters. The molecule has 0 heterocycles. The fourth-order valence-electron chi connectivity index (χ4n) is 1.54. The van der Waals surface area contributed by atoms with Crippen LogP contribution in [0.3, 0.4) is 0 Å². The van der Waals surface area contributed by atoms with Gasteiger partial charge in [0.1, 0.15) is 5.75 Å². The van der Waals surface area contributed by atoms with Crippen molar-refractivity contribution < 1.29 is 19.1 Å². The van der Waals surface area contributed by atoms with Crippen molar-refractivity contribution in [2.24, 2.45) is 5.92 Å². The molecule has 1 rings (SSSR count). The van der Waals surface area contributed by atoms with Crippen LogP contribution in [0.4, 0.5) is 0 Å². The molecule has 18 heavy (non-hydrogen) atoms. The number of hydrogen-bond donors (Lipinski definition) is 0. The smallest absolute Gasteiger partial charge is 0.309 e. The van der Waals surface area contributed by atoms with Crippen molar-refractivity contribution in [3.05, 3.63) is 29.8 Å². The highest BCUT2D eigenvalue weighted by Crippen LogP contribution is 2.15. The van der Waals surface area contributed by atoms with E-state index < -0.39 is 5.92 Å². The molecule has 0 saturated carbocycles. The summed E-state index contributed by atoms with van der Waals surface area (Å²) in [6, 6.07) is 6.84. The summed E-state index contributed by atoms with van der Waals surface area (Å²) < 4.78 is 9.88. The van der Waals surface area contributed by atoms with Gasteiger partial charge in [0.2, 0.25) is 0 Å². The molecule has 4 heteroatoms. The fraction of sp³-hybridized carbons (Fsp3) is 0.429. The SMILES string of the molecule is CCOC(=O)C(C)CC(=O)c1ccc(OC)cc1. The zero-order valence-electron chi connectivity index (χ0n) is 10.9. The van der Waals surface area contributed by atoms with Crippen molar-refractivity contribution in [2.45, 2.75) is 20.3 Å². The van der Waals surface area contributed by atoms with Crippen molar-refractivity contribution >= 4 is 11.8 Å². The molecule has 4 nitrogen and oxygen atoms in total. The van der Waals surface area contributed by atoms with Crippen molar-refractivity contribution in [2.75, 3.05) is 13.7 Å². The van der Waals surface area contributed by atoms with E-state index in [1.54, 1.807) is 45.2 Å². The van der Waals surface area contributed by atoms with Crippen LogP contribution in [-0.2, 0) is 9.53 Å². The molecule has 0 bridgehead atoms. The summed E-state index contributed by atoms with van der Waals surface area (Å²) in [5.74, 6) is -0.123. The van der Waals surface area contributed by atoms with Gasteiger partial charge in [-0.05, 0) is 31.2 Å². The highest BCUT2D eigenvalue weighted by Gasteiger charge is 2.18. The second-order valence-electron chi connectivity index (χ2n) is 4.01. The number of esters is 1. The average Bonchev–Trinajstić information content (AvgIpc) is 2.39. The first-order valence-electron chi connectivity index (χ1n) is 5.92. The number of benzene rings is 1. The molecule has 0 spiro atoms. The maximum Gasteiger partial charge on any atom is 0.309 e. The summed E-state index contributed by atoms with van der Waals surface area (Å²) in [5.41, 5.74) is 0.576. The largest absolute Gasteiger partial charge is 0.497 e. The molecule has 0 fully saturated rings. The van der Waals surface area contributed by atoms with E-state index in [1.807, 2.05) is 0 Å². The lowest BCUT2D eigenvalue weighted by Gasteiger charge is -2.09. The number of ketones is 1. The lowest BCUT2D eigenvalue weighted by Crippen LogP contribution is -2.18. The Labute approximate surface area is 107 Å². The molecule has 0 aliphatic carbocycles. The quantitative estimate of drug-likeness (QED) is 0.575. The Balaban J connectivity index is 2.61. The van der Waals surface area contributed by atoms with Gasteiger partial charge in [0.05, 0.1) is 19.6 Å². The van der Waals surface area contributed by atoms with E-state index in [2.05, 4.69) is 0 Å². The number of carbonyl (C=O) groups is 2. The van der Waals surface area contributed by atoms with Crippen LogP contribution >= 0.6 is 0 Å². The van der Waals surface area contributed by atoms with E-state index in [9.17, 15) is 9.59 Å². The minimum absolute atomic E-state index is 0.0711. The Morgan fingerprint density at radius 1 is 1.22 bits per heavy atom. The van der Waals surface area contributed by atoms with E-state index in [-0.39, 0.29) is 18.2 Å². The average molecular weight is 250 g/mol. The first-order valence-corrected chi connectivity index (χ1v) is 5.92. The van der Waals surface area contributed by atoms with Gasteiger partial charge in [-0.15, -0.1) is 0 Å². The predicted molar refractivity (Wildman–Crippen MR) is 67.7 cm³/mol. The fourth-order valence-corrected chi connectivity index (χ4v) is 1.54. The molecular formula is C14H18O4. The number of hydrogen-bond acceptors (Lipinski definition) is 4. The Hall–Kier alpha value is -1.84. The van der Waals surface area contributed by atoms with Gasteiger partial charge in [-0.25, -0.2) is 0 Å². The van der Waals surface area contributed by atoms with Crippen LogP contribution in [0.5, 0.6) is 5.75 Å². The minimum atomic E-state index is -0.417. The maximum atomic E-state index is 11.9. The number of ether oxygens (including phenoxy) is 2. The van der Waals surface area contributed by atoms with Crippen molar-refractivity contribution in [3.8, 4) is 5.75 Å². The Morgan fingerprint density at radius 3 is 2.33 bits per heavy atom. The molecule has 0 amide bonds. The van der Waals surface area contributed by atoms with E-state index in [1.165, 1.54) is 0 Å². The van der Waals surface area contributed by atoms with E-state index in [0.717, 1.165) is 0 Å². The monoisotopic (exact) mass is 250 g/mol. The molecule has 0 aromatic heterocycles. The highest BCUT2D eigenvalue weighted by atomic mass is 16.5. The third kappa shape index (κ3) is 3.87. The molecule has 0 aliphatic heterocycles. The molecule has 0 N–H and O–H groups in total. The Morgan fingerprint density at radius 2 is 1.83 bits per heavy atom. The van der Waals surface area contributed by atoms with E-state index in [0.29, 0.717) is 17.9 Å². The van der Waals surface area contributed by atoms with Gasteiger partial charge >= 0.3 is 5.97 Å². The third-order valence-electron chi connectivity index (χ3n) is 2.59. The van der Waals surface area contributed by atoms with Gasteiger partial charge in [-0.3, -0.25) is 9.59 Å². The number of rotatable bonds is 6. The number of methoxy groups -OCH3 is 1. The lowest BCUT2D eigenvalue weighted by atomic mass is 10.00. The number of carbonyl (C=O) groups excluding carboxylic acids is 2. The van der Waals surface area contributed by atoms with Gasteiger partial charge in [-0.1, -0.05) is 6.92 Å². The van der Waals surface area contributed by atoms with Crippen LogP contribution in [0, 0.1) is 5.92 Å². The first kappa shape index (κ1) is 14.2. The van der Waals surface area contributed by atoms with Crippen molar-refractivity contribution in [1.29, 1.82) is 0 Å². The zero-order valence-corrected chi connectivity index (χ0v) is 10.9. The van der Waals surface area contributed by atoms with Crippen LogP contribution in [-0.4, -0.2) is 25.5 Å². The van der Waals surface area contributed by atoms with Gasteiger partial charge < -0.3 is 9.47 Å². The summed E-state index contributed by atoms with van der Waals surface area (Å²) in [4.78, 5) is 23.3. The summed E-state index contributed by atoms with van der Waals surface area (Å²) in [6.07, 6.45) is 0.158. The summed E-state index contributed by atoms with van der Waals surface area (Å²) in [7, 11) is 1.57. The molecular weight excluding hydrogens is 232 g/mol. The molecule has 0 saturated heterocycles. The molecule has 0 radical (unpaired) electrons. The molecule has 1 aromatic rings. The molecule has 98 valence electrons. The first-order chi connectivity index (χ1) is 8.58. The van der Waals surface area contributed by atoms with Crippen molar-refractivity contribution in [3.63, 3.8) is 0 Å². The second kappa shape index (κ2) is 6.79. The third-order valence-corrected chi connectivity index (χ3v) is 2.59. The van der Waals surface area contributed by atoms with Crippen LogP contribution in [0.1, 0.15) is 30.6 Å². The summed E-state index contributed by atoms with van der Waals surface area (Å²) in [6.45, 7) is 3.77. The standard InChI is InChI=1S/C14H18O4/c1-4-18-14(16)10(2)9-13(15)11-5-7-12(17-3)8-6-11/h5-8,10H,4,9H2,1-3H3. The van der Waals surface area contributed by atoms with Crippen molar-refractivity contribution in [1.82, 2.24) is 0 Å². The van der Waals surface area contributed by atoms with Gasteiger partial charge in [0.25, 0.3) is 0 Å². The summed E-state index contributed by atoms with van der Waals surface area (Å²) >= 11 is 0. The summed E-state index contributed by atoms with van der Waals surface area (Å²) in [5, 5.41) is 0. The lowest BCUT2D eigenvalue weighted by molar-refractivity contribution is -0.147. The molecule has 1 atom stereocenters. The maximum absolute atomic E-state index is 11.9. The molecule has 0 aliphatic rings. The van der Waals surface area contributed by atoms with Crippen LogP contribution in [0.2, 0.25) is 0 Å². The van der Waals surface area contributed by atoms with Crippen LogP contribution in [0.25, 0.3) is 0 Å². The highest BCUT2D eigenvalue weighted by molar-refractivity contribution is 5.98. The normalized spacial score (nSPS) is 11.7. The Kier molecular flexibility index (Phi) is 5.36.